The Morgan fingerprint density at radius 3 is 2.56 bits per heavy atom. The largest absolute Gasteiger partial charge is 0.493 e. The molecule has 0 aliphatic carbocycles. The maximum Gasteiger partial charge on any atom is 0.253 e. The van der Waals surface area contributed by atoms with E-state index in [2.05, 4.69) is 18.7 Å². The molecule has 140 valence electrons. The Hall–Kier alpha value is -1.79. The Bertz CT molecular complexity index is 569. The average Bonchev–Trinajstić information content (AvgIpc) is 2.61. The number of likely N-dealkylation sites (tertiary alicyclic amines) is 1. The minimum Gasteiger partial charge on any atom is -0.493 e. The molecule has 0 radical (unpaired) electrons. The van der Waals surface area contributed by atoms with Crippen LogP contribution in [0.15, 0.2) is 18.2 Å². The van der Waals surface area contributed by atoms with Gasteiger partial charge in [-0.3, -0.25) is 4.79 Å². The Balaban J connectivity index is 2.08. The number of methoxy groups -OCH3 is 1. The Morgan fingerprint density at radius 2 is 2.00 bits per heavy atom. The third-order valence-corrected chi connectivity index (χ3v) is 4.69. The minimum atomic E-state index is -0.142. The minimum absolute atomic E-state index is 0.0593. The summed E-state index contributed by atoms with van der Waals surface area (Å²) >= 11 is 0. The number of likely N-dealkylation sites (N-methyl/N-ethyl adjacent to an activating group) is 1. The first-order chi connectivity index (χ1) is 12.0. The highest BCUT2D eigenvalue weighted by molar-refractivity contribution is 5.94. The lowest BCUT2D eigenvalue weighted by atomic mass is 10.1. The summed E-state index contributed by atoms with van der Waals surface area (Å²) in [5.74, 6) is 1.09. The van der Waals surface area contributed by atoms with Crippen molar-refractivity contribution in [2.75, 3.05) is 40.4 Å². The molecule has 2 rings (SSSR count). The number of rotatable bonds is 7. The number of aliphatic hydroxyl groups excluding tert-OH is 1. The molecule has 0 spiro atoms. The van der Waals surface area contributed by atoms with Crippen LogP contribution >= 0.6 is 0 Å². The Morgan fingerprint density at radius 1 is 1.32 bits per heavy atom. The van der Waals surface area contributed by atoms with Gasteiger partial charge >= 0.3 is 0 Å². The second-order valence-electron chi connectivity index (χ2n) is 6.76. The number of benzene rings is 1. The maximum atomic E-state index is 12.4. The van der Waals surface area contributed by atoms with Crippen molar-refractivity contribution in [1.82, 2.24) is 9.80 Å². The molecule has 0 bridgehead atoms. The summed E-state index contributed by atoms with van der Waals surface area (Å²) in [5.41, 5.74) is 0.534. The highest BCUT2D eigenvalue weighted by Gasteiger charge is 2.23. The molecule has 0 aromatic heterocycles. The normalized spacial score (nSPS) is 16.1. The van der Waals surface area contributed by atoms with E-state index in [1.807, 2.05) is 0 Å². The lowest BCUT2D eigenvalue weighted by Gasteiger charge is -2.34. The second-order valence-corrected chi connectivity index (χ2v) is 6.76. The molecule has 1 heterocycles. The van der Waals surface area contributed by atoms with Crippen LogP contribution in [0.4, 0.5) is 0 Å². The van der Waals surface area contributed by atoms with Gasteiger partial charge in [0.2, 0.25) is 0 Å². The molecule has 1 saturated heterocycles. The monoisotopic (exact) mass is 350 g/mol. The number of amides is 1. The van der Waals surface area contributed by atoms with Crippen LogP contribution in [0.2, 0.25) is 0 Å². The zero-order valence-corrected chi connectivity index (χ0v) is 15.7. The number of carbonyl (C=O) groups excluding carboxylic acids is 1. The number of carbonyl (C=O) groups is 1. The quantitative estimate of drug-likeness (QED) is 0.815. The van der Waals surface area contributed by atoms with Crippen LogP contribution in [0.3, 0.4) is 0 Å². The van der Waals surface area contributed by atoms with Crippen molar-refractivity contribution in [2.24, 2.45) is 0 Å². The van der Waals surface area contributed by atoms with Crippen LogP contribution in [0.25, 0.3) is 0 Å². The van der Waals surface area contributed by atoms with E-state index in [-0.39, 0.29) is 18.6 Å². The molecule has 1 aliphatic heterocycles. The van der Waals surface area contributed by atoms with Crippen LogP contribution in [-0.2, 0) is 0 Å². The molecular formula is C19H30N2O4. The van der Waals surface area contributed by atoms with Gasteiger partial charge in [0.25, 0.3) is 5.91 Å². The molecule has 1 amide bonds. The molecule has 1 N–H and O–H groups in total. The average molecular weight is 350 g/mol. The number of piperidine rings is 1. The van der Waals surface area contributed by atoms with Crippen LogP contribution in [0.5, 0.6) is 11.5 Å². The molecule has 0 unspecified atom stereocenters. The topological polar surface area (TPSA) is 62.2 Å². The first-order valence-electron chi connectivity index (χ1n) is 8.91. The van der Waals surface area contributed by atoms with Crippen LogP contribution in [-0.4, -0.2) is 73.4 Å². The molecule has 6 nitrogen and oxygen atoms in total. The summed E-state index contributed by atoms with van der Waals surface area (Å²) < 4.78 is 11.6. The van der Waals surface area contributed by atoms with Gasteiger partial charge < -0.3 is 24.4 Å². The number of hydrogen-bond acceptors (Lipinski definition) is 5. The number of hydrogen-bond donors (Lipinski definition) is 1. The molecule has 1 aliphatic rings. The van der Waals surface area contributed by atoms with Crippen molar-refractivity contribution >= 4 is 5.91 Å². The van der Waals surface area contributed by atoms with Gasteiger partial charge in [0.15, 0.2) is 11.5 Å². The molecule has 1 aromatic rings. The first-order valence-corrected chi connectivity index (χ1v) is 8.91. The van der Waals surface area contributed by atoms with E-state index in [1.165, 1.54) is 4.90 Å². The van der Waals surface area contributed by atoms with E-state index >= 15 is 0 Å². The van der Waals surface area contributed by atoms with E-state index in [9.17, 15) is 4.79 Å². The lowest BCUT2D eigenvalue weighted by Crippen LogP contribution is -2.41. The van der Waals surface area contributed by atoms with Crippen molar-refractivity contribution < 1.29 is 19.4 Å². The summed E-state index contributed by atoms with van der Waals surface area (Å²) in [6.07, 6.45) is 2.05. The molecule has 25 heavy (non-hydrogen) atoms. The fourth-order valence-corrected chi connectivity index (χ4v) is 3.06. The van der Waals surface area contributed by atoms with Gasteiger partial charge in [0, 0.05) is 38.3 Å². The highest BCUT2D eigenvalue weighted by atomic mass is 16.5. The predicted octanol–water partition coefficient (Wildman–Crippen LogP) is 2.01. The smallest absolute Gasteiger partial charge is 0.253 e. The van der Waals surface area contributed by atoms with Gasteiger partial charge in [0.05, 0.1) is 13.7 Å². The van der Waals surface area contributed by atoms with Crippen LogP contribution in [0, 0.1) is 0 Å². The number of nitrogens with zero attached hydrogens (tertiary/aromatic N) is 2. The molecule has 1 fully saturated rings. The lowest BCUT2D eigenvalue weighted by molar-refractivity contribution is 0.0757. The Kier molecular flexibility index (Phi) is 7.08. The van der Waals surface area contributed by atoms with E-state index in [0.717, 1.165) is 25.9 Å². The van der Waals surface area contributed by atoms with E-state index < -0.39 is 0 Å². The van der Waals surface area contributed by atoms with E-state index in [4.69, 9.17) is 14.6 Å². The van der Waals surface area contributed by atoms with E-state index in [1.54, 1.807) is 32.4 Å². The van der Waals surface area contributed by atoms with Gasteiger partial charge in [-0.25, -0.2) is 0 Å². The SMILES string of the molecule is COc1ccc(C(=O)N(C)CCO)cc1OC1CCN(C(C)C)CC1. The highest BCUT2D eigenvalue weighted by Crippen LogP contribution is 2.31. The molecule has 0 saturated carbocycles. The van der Waals surface area contributed by atoms with Crippen molar-refractivity contribution in [3.63, 3.8) is 0 Å². The van der Waals surface area contributed by atoms with Crippen LogP contribution < -0.4 is 9.47 Å². The summed E-state index contributed by atoms with van der Waals surface area (Å²) in [6.45, 7) is 6.69. The fourth-order valence-electron chi connectivity index (χ4n) is 3.06. The zero-order valence-electron chi connectivity index (χ0n) is 15.7. The van der Waals surface area contributed by atoms with Gasteiger partial charge in [-0.05, 0) is 44.9 Å². The molecular weight excluding hydrogens is 320 g/mol. The first kappa shape index (κ1) is 19.5. The van der Waals surface area contributed by atoms with Gasteiger partial charge in [-0.15, -0.1) is 0 Å². The third kappa shape index (κ3) is 5.09. The molecule has 1 aromatic carbocycles. The molecule has 0 atom stereocenters. The summed E-state index contributed by atoms with van der Waals surface area (Å²) in [5, 5.41) is 9.00. The summed E-state index contributed by atoms with van der Waals surface area (Å²) in [4.78, 5) is 16.3. The van der Waals surface area contributed by atoms with Crippen molar-refractivity contribution in [2.45, 2.75) is 38.8 Å². The summed E-state index contributed by atoms with van der Waals surface area (Å²) in [6, 6.07) is 5.78. The number of aliphatic hydroxyl groups is 1. The van der Waals surface area contributed by atoms with Crippen LogP contribution in [0.1, 0.15) is 37.0 Å². The maximum absolute atomic E-state index is 12.4. The van der Waals surface area contributed by atoms with E-state index in [0.29, 0.717) is 29.6 Å². The summed E-state index contributed by atoms with van der Waals surface area (Å²) in [7, 11) is 3.27. The van der Waals surface area contributed by atoms with Gasteiger partial charge in [0.1, 0.15) is 6.10 Å². The van der Waals surface area contributed by atoms with Gasteiger partial charge in [-0.2, -0.15) is 0 Å². The van der Waals surface area contributed by atoms with Gasteiger partial charge in [-0.1, -0.05) is 0 Å². The fraction of sp³-hybridized carbons (Fsp3) is 0.632. The predicted molar refractivity (Wildman–Crippen MR) is 97.4 cm³/mol. The molecule has 6 heteroatoms. The van der Waals surface area contributed by atoms with Crippen molar-refractivity contribution in [1.29, 1.82) is 0 Å². The third-order valence-electron chi connectivity index (χ3n) is 4.69. The van der Waals surface area contributed by atoms with Crippen molar-refractivity contribution in [3.8, 4) is 11.5 Å². The second kappa shape index (κ2) is 9.06. The standard InChI is InChI=1S/C19H30N2O4/c1-14(2)21-9-7-16(8-10-21)25-18-13-15(5-6-17(18)24-4)19(23)20(3)11-12-22/h5-6,13-14,16,22H,7-12H2,1-4H3. The zero-order chi connectivity index (χ0) is 18.4. The number of ether oxygens (including phenoxy) is 2. The van der Waals surface area contributed by atoms with Crippen molar-refractivity contribution in [3.05, 3.63) is 23.8 Å². The Labute approximate surface area is 150 Å².